The highest BCUT2D eigenvalue weighted by molar-refractivity contribution is 5.33. The average Bonchev–Trinajstić information content (AvgIpc) is 3.39. The normalized spacial score (nSPS) is 26.1. The number of hydrogen-bond acceptors (Lipinski definition) is 5. The maximum absolute atomic E-state index is 9.50. The molecule has 0 aromatic rings. The molecular weight excluding hydrogens is 348 g/mol. The maximum Gasteiger partial charge on any atom is 0.300 e. The van der Waals surface area contributed by atoms with Gasteiger partial charge in [0.05, 0.1) is 12.6 Å². The fourth-order valence-electron chi connectivity index (χ4n) is 5.09. The van der Waals surface area contributed by atoms with Crippen molar-refractivity contribution in [3.63, 3.8) is 0 Å². The van der Waals surface area contributed by atoms with Crippen molar-refractivity contribution >= 4 is 0 Å². The van der Waals surface area contributed by atoms with Crippen molar-refractivity contribution in [2.75, 3.05) is 52.4 Å². The van der Waals surface area contributed by atoms with E-state index in [1.165, 1.54) is 38.8 Å². The van der Waals surface area contributed by atoms with Crippen molar-refractivity contribution in [1.29, 1.82) is 5.26 Å². The van der Waals surface area contributed by atoms with Crippen LogP contribution in [0.4, 0.5) is 0 Å². The smallest absolute Gasteiger partial charge is 0.300 e. The number of nitriles is 1. The fourth-order valence-corrected chi connectivity index (χ4v) is 5.09. The van der Waals surface area contributed by atoms with Crippen LogP contribution in [-0.2, 0) is 0 Å². The molecule has 0 aromatic carbocycles. The van der Waals surface area contributed by atoms with E-state index in [1.54, 1.807) is 0 Å². The van der Waals surface area contributed by atoms with Crippen LogP contribution in [0.3, 0.4) is 0 Å². The van der Waals surface area contributed by atoms with E-state index in [1.807, 2.05) is 0 Å². The lowest BCUT2D eigenvalue weighted by Gasteiger charge is -2.28. The van der Waals surface area contributed by atoms with Crippen LogP contribution in [0, 0.1) is 17.9 Å². The highest BCUT2D eigenvalue weighted by atomic mass is 15.4. The highest BCUT2D eigenvalue weighted by Crippen LogP contribution is 2.25. The first-order valence-corrected chi connectivity index (χ1v) is 11.1. The number of rotatable bonds is 8. The van der Waals surface area contributed by atoms with E-state index in [0.29, 0.717) is 12.1 Å². The molecule has 3 fully saturated rings. The van der Waals surface area contributed by atoms with Crippen LogP contribution in [0.15, 0.2) is 11.5 Å². The molecule has 28 heavy (non-hydrogen) atoms. The first-order valence-electron chi connectivity index (χ1n) is 11.1. The van der Waals surface area contributed by atoms with Crippen molar-refractivity contribution in [2.24, 2.45) is 0 Å². The van der Waals surface area contributed by atoms with Gasteiger partial charge in [0.2, 0.25) is 0 Å². The first-order chi connectivity index (χ1) is 13.6. The van der Waals surface area contributed by atoms with E-state index >= 15 is 0 Å². The Hall–Kier alpha value is -1.76. The van der Waals surface area contributed by atoms with Gasteiger partial charge < -0.3 is 19.6 Å². The van der Waals surface area contributed by atoms with E-state index in [9.17, 15) is 5.26 Å². The molecule has 0 saturated carbocycles. The predicted molar refractivity (Wildman–Crippen MR) is 112 cm³/mol. The molecule has 3 heterocycles. The van der Waals surface area contributed by atoms with Gasteiger partial charge in [0.25, 0.3) is 0 Å². The number of likely N-dealkylation sites (tertiary alicyclic amines) is 2. The monoisotopic (exact) mass is 384 g/mol. The quantitative estimate of drug-likeness (QED) is 0.475. The van der Waals surface area contributed by atoms with E-state index in [4.69, 9.17) is 6.57 Å². The number of allylic oxidation sites excluding steroid dienone is 1. The summed E-state index contributed by atoms with van der Waals surface area (Å²) in [5, 5.41) is 9.50. The minimum Gasteiger partial charge on any atom is -0.365 e. The van der Waals surface area contributed by atoms with Crippen LogP contribution in [-0.4, -0.2) is 84.0 Å². The molecule has 3 saturated heterocycles. The number of hydrogen-bond donors (Lipinski definition) is 0. The van der Waals surface area contributed by atoms with Gasteiger partial charge in [-0.05, 0) is 65.5 Å². The summed E-state index contributed by atoms with van der Waals surface area (Å²) >= 11 is 0. The highest BCUT2D eigenvalue weighted by Gasteiger charge is 2.29. The molecule has 0 spiro atoms. The van der Waals surface area contributed by atoms with Crippen LogP contribution < -0.4 is 0 Å². The Balaban J connectivity index is 1.53. The van der Waals surface area contributed by atoms with Gasteiger partial charge in [-0.25, -0.2) is 10.1 Å². The van der Waals surface area contributed by atoms with Crippen molar-refractivity contribution in [2.45, 2.75) is 64.5 Å². The predicted octanol–water partition coefficient (Wildman–Crippen LogP) is 2.96. The van der Waals surface area contributed by atoms with Crippen LogP contribution in [0.25, 0.3) is 4.85 Å². The van der Waals surface area contributed by atoms with Gasteiger partial charge in [0, 0.05) is 51.4 Å². The van der Waals surface area contributed by atoms with Crippen molar-refractivity contribution in [1.82, 2.24) is 19.6 Å². The lowest BCUT2D eigenvalue weighted by Crippen LogP contribution is -2.33. The zero-order valence-electron chi connectivity index (χ0n) is 17.7. The number of nitrogens with zero attached hydrogens (tertiary/aromatic N) is 6. The third kappa shape index (κ3) is 4.99. The largest absolute Gasteiger partial charge is 0.365 e. The lowest BCUT2D eigenvalue weighted by atomic mass is 10.2. The Morgan fingerprint density at radius 2 is 1.43 bits per heavy atom. The SMILES string of the molecule is [C-]#[N+]C(C#N)=C1N(CCCN2CCC[C@@H]2C)CCN1CCCN1CCC[C@@H]1C. The average molecular weight is 385 g/mol. The molecule has 0 aromatic heterocycles. The van der Waals surface area contributed by atoms with E-state index in [-0.39, 0.29) is 5.70 Å². The van der Waals surface area contributed by atoms with Gasteiger partial charge in [-0.1, -0.05) is 0 Å². The summed E-state index contributed by atoms with van der Waals surface area (Å²) in [6.07, 6.45) is 7.46. The second kappa shape index (κ2) is 10.1. The molecule has 3 aliphatic rings. The van der Waals surface area contributed by atoms with E-state index in [2.05, 4.69) is 44.4 Å². The van der Waals surface area contributed by atoms with Crippen molar-refractivity contribution in [3.8, 4) is 6.07 Å². The second-order valence-electron chi connectivity index (χ2n) is 8.63. The molecular formula is C22H36N6. The fraction of sp³-hybridized carbons (Fsp3) is 0.818. The van der Waals surface area contributed by atoms with Gasteiger partial charge in [-0.15, -0.1) is 0 Å². The molecule has 0 amide bonds. The van der Waals surface area contributed by atoms with Crippen molar-refractivity contribution < 1.29 is 0 Å². The molecule has 3 rings (SSSR count). The molecule has 3 aliphatic heterocycles. The zero-order valence-corrected chi connectivity index (χ0v) is 17.7. The molecule has 154 valence electrons. The van der Waals surface area contributed by atoms with E-state index < -0.39 is 0 Å². The van der Waals surface area contributed by atoms with Gasteiger partial charge >= 0.3 is 5.70 Å². The summed E-state index contributed by atoms with van der Waals surface area (Å²) < 4.78 is 0. The molecule has 6 heteroatoms. The molecule has 6 nitrogen and oxygen atoms in total. The Morgan fingerprint density at radius 3 is 1.79 bits per heavy atom. The van der Waals surface area contributed by atoms with Crippen LogP contribution in [0.5, 0.6) is 0 Å². The van der Waals surface area contributed by atoms with Crippen molar-refractivity contribution in [3.05, 3.63) is 22.9 Å². The maximum atomic E-state index is 9.50. The van der Waals surface area contributed by atoms with Crippen LogP contribution in [0.1, 0.15) is 52.4 Å². The zero-order chi connectivity index (χ0) is 19.9. The topological polar surface area (TPSA) is 41.1 Å². The molecule has 0 aliphatic carbocycles. The summed E-state index contributed by atoms with van der Waals surface area (Å²) in [4.78, 5) is 13.3. The molecule has 0 unspecified atom stereocenters. The lowest BCUT2D eigenvalue weighted by molar-refractivity contribution is 0.237. The molecule has 0 radical (unpaired) electrons. The summed E-state index contributed by atoms with van der Waals surface area (Å²) in [5.41, 5.74) is 0.265. The Kier molecular flexibility index (Phi) is 7.59. The summed E-state index contributed by atoms with van der Waals surface area (Å²) in [6, 6.07) is 3.56. The van der Waals surface area contributed by atoms with Gasteiger partial charge in [-0.3, -0.25) is 0 Å². The van der Waals surface area contributed by atoms with Gasteiger partial charge in [0.1, 0.15) is 5.82 Å². The standard InChI is InChI=1S/C22H36N6/c1-19-8-4-10-25(19)12-6-14-27-16-17-28(22(27)21(18-23)24-3)15-7-13-26-11-5-9-20(26)2/h19-20H,4-17H2,1-2H3/t19-,20-/m0/s1. The summed E-state index contributed by atoms with van der Waals surface area (Å²) in [5.74, 6) is 0.890. The summed E-state index contributed by atoms with van der Waals surface area (Å²) in [6.45, 7) is 20.5. The molecule has 2 atom stereocenters. The minimum absolute atomic E-state index is 0.265. The molecule has 0 N–H and O–H groups in total. The first kappa shape index (κ1) is 21.0. The van der Waals surface area contributed by atoms with Crippen LogP contribution in [0.2, 0.25) is 0 Å². The third-order valence-electron chi connectivity index (χ3n) is 6.80. The summed E-state index contributed by atoms with van der Waals surface area (Å²) in [7, 11) is 0. The molecule has 0 bridgehead atoms. The Labute approximate surface area is 171 Å². The third-order valence-corrected chi connectivity index (χ3v) is 6.80. The van der Waals surface area contributed by atoms with Gasteiger partial charge in [-0.2, -0.15) is 0 Å². The van der Waals surface area contributed by atoms with Gasteiger partial charge in [0.15, 0.2) is 0 Å². The van der Waals surface area contributed by atoms with Crippen LogP contribution >= 0.6 is 0 Å². The minimum atomic E-state index is 0.265. The van der Waals surface area contributed by atoms with E-state index in [0.717, 1.165) is 57.9 Å². The Bertz CT molecular complexity index is 578. The second-order valence-corrected chi connectivity index (χ2v) is 8.63. The Morgan fingerprint density at radius 1 is 0.929 bits per heavy atom.